The number of hydrogen-bond acceptors (Lipinski definition) is 4. The molecule has 0 saturated heterocycles. The van der Waals surface area contributed by atoms with Gasteiger partial charge in [-0.25, -0.2) is 9.97 Å². The first-order chi connectivity index (χ1) is 7.57. The van der Waals surface area contributed by atoms with Crippen LogP contribution >= 0.6 is 11.2 Å². The average molecular weight is 286 g/mol. The quantitative estimate of drug-likeness (QED) is 0.671. The van der Waals surface area contributed by atoms with E-state index < -0.39 is 15.5 Å². The Bertz CT molecular complexity index is 397. The van der Waals surface area contributed by atoms with Gasteiger partial charge in [-0.1, -0.05) is 39.3 Å². The van der Waals surface area contributed by atoms with Crippen LogP contribution in [0.15, 0.2) is 11.4 Å². The molecule has 0 atom stereocenters. The Balaban J connectivity index is 2.95. The molecule has 1 aromatic rings. The molecular weight excluding hydrogens is 262 g/mol. The summed E-state index contributed by atoms with van der Waals surface area (Å²) in [6.07, 6.45) is 1.93. The number of anilines is 1. The normalized spacial score (nSPS) is 12.6. The van der Waals surface area contributed by atoms with E-state index in [-0.39, 0.29) is 0 Å². The molecule has 1 N–H and O–H groups in total. The van der Waals surface area contributed by atoms with Crippen LogP contribution in [-0.2, 0) is 0 Å². The maximum absolute atomic E-state index is 4.65. The standard InChI is InChI=1S/C11H23N3SSi2/c1-9-8-12-11(15-17(5,6)7)13-10(9)14-16(2,3)4/h8H,1-7H3,(H,12,13,14). The average Bonchev–Trinajstić information content (AvgIpc) is 2.05. The molecule has 0 unspecified atom stereocenters. The van der Waals surface area contributed by atoms with Gasteiger partial charge in [0.15, 0.2) is 5.16 Å². The molecule has 0 spiro atoms. The zero-order chi connectivity index (χ0) is 13.3. The number of aromatic nitrogens is 2. The number of nitrogens with one attached hydrogen (secondary N) is 1. The monoisotopic (exact) mass is 285 g/mol. The molecule has 0 aliphatic rings. The summed E-state index contributed by atoms with van der Waals surface area (Å²) < 4.78 is 0. The Morgan fingerprint density at radius 2 is 1.71 bits per heavy atom. The van der Waals surface area contributed by atoms with Crippen LogP contribution in [0.1, 0.15) is 5.56 Å². The van der Waals surface area contributed by atoms with Gasteiger partial charge in [0.2, 0.25) is 0 Å². The highest BCUT2D eigenvalue weighted by Gasteiger charge is 2.19. The van der Waals surface area contributed by atoms with Gasteiger partial charge in [-0.05, 0) is 6.92 Å². The second kappa shape index (κ2) is 5.11. The highest BCUT2D eigenvalue weighted by atomic mass is 32.4. The van der Waals surface area contributed by atoms with Crippen molar-refractivity contribution in [2.75, 3.05) is 4.98 Å². The predicted molar refractivity (Wildman–Crippen MR) is 82.9 cm³/mol. The van der Waals surface area contributed by atoms with Gasteiger partial charge in [-0.3, -0.25) is 0 Å². The summed E-state index contributed by atoms with van der Waals surface area (Å²) in [5.41, 5.74) is 1.13. The van der Waals surface area contributed by atoms with Crippen LogP contribution in [0.4, 0.5) is 5.82 Å². The molecule has 6 heteroatoms. The number of nitrogens with zero attached hydrogens (tertiary/aromatic N) is 2. The summed E-state index contributed by atoms with van der Waals surface area (Å²) in [6, 6.07) is 0. The predicted octanol–water partition coefficient (Wildman–Crippen LogP) is 3.96. The molecule has 0 fully saturated rings. The topological polar surface area (TPSA) is 37.8 Å². The SMILES string of the molecule is Cc1cnc(S[Si](C)(C)C)nc1N[Si](C)(C)C. The van der Waals surface area contributed by atoms with E-state index in [1.165, 1.54) is 0 Å². The lowest BCUT2D eigenvalue weighted by Crippen LogP contribution is -2.33. The van der Waals surface area contributed by atoms with Crippen molar-refractivity contribution in [2.45, 2.75) is 51.4 Å². The lowest BCUT2D eigenvalue weighted by molar-refractivity contribution is 0.962. The molecule has 3 nitrogen and oxygen atoms in total. The number of aryl methyl sites for hydroxylation is 1. The lowest BCUT2D eigenvalue weighted by atomic mass is 10.4. The van der Waals surface area contributed by atoms with Crippen molar-refractivity contribution in [2.24, 2.45) is 0 Å². The molecule has 0 aliphatic carbocycles. The van der Waals surface area contributed by atoms with Crippen molar-refractivity contribution >= 4 is 32.5 Å². The van der Waals surface area contributed by atoms with Gasteiger partial charge in [-0.15, -0.1) is 11.2 Å². The maximum Gasteiger partial charge on any atom is 0.183 e. The minimum absolute atomic E-state index is 0.913. The summed E-state index contributed by atoms with van der Waals surface area (Å²) in [4.78, 5) is 12.6. The fourth-order valence-electron chi connectivity index (χ4n) is 1.23. The Morgan fingerprint density at radius 1 is 1.12 bits per heavy atom. The van der Waals surface area contributed by atoms with E-state index in [4.69, 9.17) is 0 Å². The molecule has 1 heterocycles. The van der Waals surface area contributed by atoms with Gasteiger partial charge in [0, 0.05) is 11.8 Å². The second-order valence-corrected chi connectivity index (χ2v) is 20.1. The first kappa shape index (κ1) is 14.7. The Labute approximate surface area is 111 Å². The van der Waals surface area contributed by atoms with Gasteiger partial charge >= 0.3 is 0 Å². The molecule has 0 aliphatic heterocycles. The molecule has 0 radical (unpaired) electrons. The third-order valence-corrected chi connectivity index (χ3v) is 6.20. The van der Waals surface area contributed by atoms with Crippen molar-refractivity contribution in [3.8, 4) is 0 Å². The van der Waals surface area contributed by atoms with Crippen LogP contribution in [0.25, 0.3) is 0 Å². The van der Waals surface area contributed by atoms with E-state index in [1.807, 2.05) is 17.4 Å². The van der Waals surface area contributed by atoms with Gasteiger partial charge in [0.25, 0.3) is 0 Å². The van der Waals surface area contributed by atoms with Crippen molar-refractivity contribution in [3.05, 3.63) is 11.8 Å². The van der Waals surface area contributed by atoms with E-state index in [0.29, 0.717) is 0 Å². The summed E-state index contributed by atoms with van der Waals surface area (Å²) in [5, 5.41) is 0.913. The highest BCUT2D eigenvalue weighted by Crippen LogP contribution is 2.27. The first-order valence-corrected chi connectivity index (χ1v) is 14.4. The summed E-state index contributed by atoms with van der Waals surface area (Å²) in [7, 11) is -2.57. The third kappa shape index (κ3) is 5.69. The van der Waals surface area contributed by atoms with Crippen LogP contribution in [0, 0.1) is 6.92 Å². The molecule has 0 aromatic carbocycles. The van der Waals surface area contributed by atoms with E-state index in [2.05, 4.69) is 61.2 Å². The fourth-order valence-corrected chi connectivity index (χ4v) is 4.92. The van der Waals surface area contributed by atoms with E-state index in [1.54, 1.807) is 0 Å². The second-order valence-electron chi connectivity index (χ2n) is 6.27. The number of hydrogen-bond donors (Lipinski definition) is 1. The Hall–Kier alpha value is -0.336. The lowest BCUT2D eigenvalue weighted by Gasteiger charge is -2.21. The Morgan fingerprint density at radius 3 is 2.18 bits per heavy atom. The third-order valence-electron chi connectivity index (χ3n) is 1.84. The van der Waals surface area contributed by atoms with Crippen LogP contribution in [0.2, 0.25) is 39.3 Å². The molecule has 0 amide bonds. The van der Waals surface area contributed by atoms with Crippen LogP contribution in [0.3, 0.4) is 0 Å². The summed E-state index contributed by atoms with van der Waals surface area (Å²) in [5.74, 6) is 1.01. The van der Waals surface area contributed by atoms with Crippen molar-refractivity contribution in [3.63, 3.8) is 0 Å². The molecule has 17 heavy (non-hydrogen) atoms. The minimum Gasteiger partial charge on any atom is -0.396 e. The van der Waals surface area contributed by atoms with Gasteiger partial charge in [-0.2, -0.15) is 0 Å². The van der Waals surface area contributed by atoms with Gasteiger partial charge in [0.05, 0.1) is 0 Å². The molecule has 0 bridgehead atoms. The van der Waals surface area contributed by atoms with Gasteiger partial charge in [0.1, 0.15) is 21.3 Å². The van der Waals surface area contributed by atoms with Crippen LogP contribution in [0.5, 0.6) is 0 Å². The smallest absolute Gasteiger partial charge is 0.183 e. The molecular formula is C11H23N3SSi2. The summed E-state index contributed by atoms with van der Waals surface area (Å²) in [6.45, 7) is 15.8. The zero-order valence-corrected chi connectivity index (χ0v) is 14.7. The van der Waals surface area contributed by atoms with Crippen LogP contribution in [-0.4, -0.2) is 25.4 Å². The minimum atomic E-state index is -1.35. The fraction of sp³-hybridized carbons (Fsp3) is 0.636. The summed E-state index contributed by atoms with van der Waals surface area (Å²) >= 11 is 1.84. The molecule has 0 saturated carbocycles. The van der Waals surface area contributed by atoms with E-state index in [9.17, 15) is 0 Å². The van der Waals surface area contributed by atoms with Crippen molar-refractivity contribution in [1.29, 1.82) is 0 Å². The van der Waals surface area contributed by atoms with Crippen molar-refractivity contribution in [1.82, 2.24) is 9.97 Å². The van der Waals surface area contributed by atoms with E-state index >= 15 is 0 Å². The first-order valence-electron chi connectivity index (χ1n) is 5.88. The molecule has 96 valence electrons. The molecule has 1 rings (SSSR count). The highest BCUT2D eigenvalue weighted by molar-refractivity contribution is 8.28. The molecule has 1 aromatic heterocycles. The van der Waals surface area contributed by atoms with Crippen LogP contribution < -0.4 is 4.98 Å². The largest absolute Gasteiger partial charge is 0.396 e. The Kier molecular flexibility index (Phi) is 4.43. The number of rotatable bonds is 4. The van der Waals surface area contributed by atoms with Crippen molar-refractivity contribution < 1.29 is 0 Å². The maximum atomic E-state index is 4.65. The van der Waals surface area contributed by atoms with Gasteiger partial charge < -0.3 is 4.98 Å². The zero-order valence-electron chi connectivity index (χ0n) is 11.9. The van der Waals surface area contributed by atoms with E-state index in [0.717, 1.165) is 16.5 Å².